The van der Waals surface area contributed by atoms with Crippen molar-refractivity contribution in [3.8, 4) is 0 Å². The van der Waals surface area contributed by atoms with Gasteiger partial charge in [-0.2, -0.15) is 0 Å². The summed E-state index contributed by atoms with van der Waals surface area (Å²) >= 11 is 0. The van der Waals surface area contributed by atoms with Crippen molar-refractivity contribution < 1.29 is 46.8 Å². The fourth-order valence-corrected chi connectivity index (χ4v) is 9.06. The van der Waals surface area contributed by atoms with Gasteiger partial charge >= 0.3 is 16.8 Å². The average Bonchev–Trinajstić information content (AvgIpc) is 4.08. The molecule has 0 amide bonds. The van der Waals surface area contributed by atoms with Crippen molar-refractivity contribution >= 4 is 80.2 Å². The Bertz CT molecular complexity index is 2970. The van der Waals surface area contributed by atoms with Crippen LogP contribution in [0.1, 0.15) is 30.5 Å². The van der Waals surface area contributed by atoms with E-state index in [-0.39, 0.29) is 31.5 Å². The zero-order chi connectivity index (χ0) is 46.6. The average molecular weight is 993 g/mol. The molecule has 9 aromatic rings. The van der Waals surface area contributed by atoms with Crippen LogP contribution < -0.4 is 4.72 Å². The van der Waals surface area contributed by atoms with Gasteiger partial charge < -0.3 is 29.1 Å². The second kappa shape index (κ2) is 22.6. The van der Waals surface area contributed by atoms with Crippen molar-refractivity contribution in [2.24, 2.45) is 0 Å². The predicted octanol–water partition coefficient (Wildman–Crippen LogP) is 10.2. The zero-order valence-corrected chi connectivity index (χ0v) is 39.9. The number of hydrogen-bond acceptors (Lipinski definition) is 10. The fourth-order valence-electron chi connectivity index (χ4n) is 6.01. The second-order valence-electron chi connectivity index (χ2n) is 14.2. The van der Waals surface area contributed by atoms with Crippen LogP contribution in [0.4, 0.5) is 17.1 Å². The van der Waals surface area contributed by atoms with E-state index in [1.165, 1.54) is 19.0 Å². The number of H-pyrrole nitrogens is 3. The van der Waals surface area contributed by atoms with Crippen molar-refractivity contribution in [2.45, 2.75) is 49.3 Å². The van der Waals surface area contributed by atoms with E-state index in [1.54, 1.807) is 109 Å². The summed E-state index contributed by atoms with van der Waals surface area (Å²) in [5, 5.41) is 0. The van der Waals surface area contributed by atoms with Gasteiger partial charge in [0, 0.05) is 13.2 Å². The van der Waals surface area contributed by atoms with Gasteiger partial charge in [0.15, 0.2) is 0 Å². The van der Waals surface area contributed by atoms with Gasteiger partial charge in [0.2, 0.25) is 0 Å². The van der Waals surface area contributed by atoms with Crippen LogP contribution in [0.25, 0.3) is 42.5 Å². The van der Waals surface area contributed by atoms with Crippen molar-refractivity contribution in [3.63, 3.8) is 0 Å². The molecule has 0 aliphatic carbocycles. The molecule has 345 valence electrons. The third-order valence-electron chi connectivity index (χ3n) is 9.37. The first-order chi connectivity index (χ1) is 31.1. The predicted molar refractivity (Wildman–Crippen MR) is 255 cm³/mol. The number of rotatable bonds is 11. The fraction of sp³-hybridized carbons (Fsp3) is 0.152. The SMILES string of the molecule is CCOCC.Cc1ccc(S(=O)(=O)Nc2cccc3nc[nH]c23)cc1.Cc1ccc(S(=O)(=O)[N-]c2cccc3[nH]cnc23)cc1.Cc1ccc(S(=O)(=O)[N-]c2cccc3[nH]cnc23)cc1.[Co+2]. The standard InChI is InChI=1S/C14H13N3O2S.2C14H12N3O2S.C4H10O.Co/c3*1-10-5-7-11(8-6-10)20(18,19)17-13-4-2-3-12-14(13)16-9-15-12;1-3-5-4-2;/h2-9,17H,1H3,(H,15,16);2*2-9H,1H3,(H,15,16);3-4H2,1-2H3;/q;2*-1;;+2. The Morgan fingerprint density at radius 2 is 0.924 bits per heavy atom. The number of nitrogens with one attached hydrogen (secondary N) is 4. The molecule has 9 rings (SSSR count). The van der Waals surface area contributed by atoms with E-state index in [1.807, 2.05) is 52.8 Å². The Morgan fingerprint density at radius 3 is 1.35 bits per heavy atom. The number of aromatic nitrogens is 6. The third kappa shape index (κ3) is 13.0. The van der Waals surface area contributed by atoms with Crippen LogP contribution in [0, 0.1) is 20.8 Å². The van der Waals surface area contributed by atoms with Gasteiger partial charge in [0.05, 0.1) is 72.5 Å². The smallest absolute Gasteiger partial charge is 0.571 e. The van der Waals surface area contributed by atoms with E-state index in [9.17, 15) is 25.3 Å². The van der Waals surface area contributed by atoms with Gasteiger partial charge in [-0.25, -0.2) is 40.2 Å². The van der Waals surface area contributed by atoms with Gasteiger partial charge in [-0.1, -0.05) is 94.8 Å². The van der Waals surface area contributed by atoms with E-state index in [2.05, 4.69) is 44.1 Å². The molecule has 6 aromatic carbocycles. The van der Waals surface area contributed by atoms with E-state index in [4.69, 9.17) is 4.74 Å². The molecular formula is C46H47CoN9O7S3. The molecule has 0 bridgehead atoms. The Hall–Kier alpha value is -6.55. The maximum absolute atomic E-state index is 12.3. The minimum Gasteiger partial charge on any atom is -0.571 e. The minimum absolute atomic E-state index is 0. The van der Waals surface area contributed by atoms with Crippen LogP contribution in [0.5, 0.6) is 0 Å². The molecule has 1 radical (unpaired) electrons. The summed E-state index contributed by atoms with van der Waals surface area (Å²) in [6, 6.07) is 35.6. The molecular weight excluding hydrogens is 946 g/mol. The summed E-state index contributed by atoms with van der Waals surface area (Å²) in [7, 11) is -11.1. The molecule has 0 spiro atoms. The number of anilines is 1. The van der Waals surface area contributed by atoms with E-state index < -0.39 is 30.1 Å². The van der Waals surface area contributed by atoms with Gasteiger partial charge in [-0.05, 0) is 95.3 Å². The van der Waals surface area contributed by atoms with E-state index in [0.29, 0.717) is 39.1 Å². The van der Waals surface area contributed by atoms with E-state index >= 15 is 0 Å². The normalized spacial score (nSPS) is 11.2. The Labute approximate surface area is 394 Å². The molecule has 0 aliphatic heterocycles. The summed E-state index contributed by atoms with van der Waals surface area (Å²) in [6.07, 6.45) is 4.57. The molecule has 4 N–H and O–H groups in total. The number of ether oxygens (including phenoxy) is 1. The van der Waals surface area contributed by atoms with Gasteiger partial charge in [0.25, 0.3) is 10.0 Å². The van der Waals surface area contributed by atoms with Crippen molar-refractivity contribution in [1.29, 1.82) is 0 Å². The molecule has 0 atom stereocenters. The van der Waals surface area contributed by atoms with Crippen LogP contribution >= 0.6 is 0 Å². The molecule has 0 aliphatic rings. The number of para-hydroxylation sites is 3. The van der Waals surface area contributed by atoms with Crippen molar-refractivity contribution in [3.05, 3.63) is 173 Å². The largest absolute Gasteiger partial charge is 2.00 e. The summed E-state index contributed by atoms with van der Waals surface area (Å²) in [4.78, 5) is 21.7. The number of aryl methyl sites for hydroxylation is 3. The molecule has 0 unspecified atom stereocenters. The quantitative estimate of drug-likeness (QED) is 0.0956. The number of benzene rings is 6. The molecule has 3 heterocycles. The first kappa shape index (κ1) is 50.4. The van der Waals surface area contributed by atoms with E-state index in [0.717, 1.165) is 40.9 Å². The molecule has 0 saturated carbocycles. The number of fused-ring (bicyclic) bond motifs is 3. The second-order valence-corrected chi connectivity index (χ2v) is 19.1. The minimum atomic E-state index is -3.73. The van der Waals surface area contributed by atoms with Gasteiger partial charge in [0.1, 0.15) is 20.0 Å². The van der Waals surface area contributed by atoms with Crippen LogP contribution in [0.2, 0.25) is 0 Å². The Balaban J connectivity index is 0.000000175. The molecule has 0 saturated heterocycles. The van der Waals surface area contributed by atoms with Crippen LogP contribution in [-0.4, -0.2) is 68.4 Å². The first-order valence-electron chi connectivity index (χ1n) is 20.1. The topological polar surface area (TPSA) is 238 Å². The summed E-state index contributed by atoms with van der Waals surface area (Å²) in [6.45, 7) is 11.4. The number of nitrogens with zero attached hydrogens (tertiary/aromatic N) is 5. The summed E-state index contributed by atoms with van der Waals surface area (Å²) < 4.78 is 88.9. The van der Waals surface area contributed by atoms with Gasteiger partial charge in [-0.15, -0.1) is 0 Å². The van der Waals surface area contributed by atoms with Crippen LogP contribution in [0.15, 0.2) is 161 Å². The summed E-state index contributed by atoms with van der Waals surface area (Å²) in [5.41, 5.74) is 8.16. The number of hydrogen-bond donors (Lipinski definition) is 4. The monoisotopic (exact) mass is 992 g/mol. The number of imidazole rings is 3. The Kier molecular flexibility index (Phi) is 17.2. The zero-order valence-electron chi connectivity index (χ0n) is 36.4. The number of aromatic amines is 3. The molecule has 3 aromatic heterocycles. The Morgan fingerprint density at radius 1 is 0.515 bits per heavy atom. The summed E-state index contributed by atoms with van der Waals surface area (Å²) in [5.74, 6) is 0. The molecule has 16 nitrogen and oxygen atoms in total. The molecule has 20 heteroatoms. The third-order valence-corrected chi connectivity index (χ3v) is 13.4. The van der Waals surface area contributed by atoms with Crippen molar-refractivity contribution in [2.75, 3.05) is 17.9 Å². The first-order valence-corrected chi connectivity index (χ1v) is 24.5. The van der Waals surface area contributed by atoms with Crippen molar-refractivity contribution in [1.82, 2.24) is 29.9 Å². The van der Waals surface area contributed by atoms with Gasteiger partial charge in [-0.3, -0.25) is 4.72 Å². The molecule has 66 heavy (non-hydrogen) atoms. The van der Waals surface area contributed by atoms with Crippen LogP contribution in [0.3, 0.4) is 0 Å². The maximum Gasteiger partial charge on any atom is 2.00 e. The number of sulfonamides is 3. The molecule has 0 fully saturated rings. The van der Waals surface area contributed by atoms with Crippen LogP contribution in [-0.2, 0) is 51.6 Å². The maximum atomic E-state index is 12.3.